The van der Waals surface area contributed by atoms with Crippen molar-refractivity contribution in [3.8, 4) is 5.75 Å². The minimum Gasteiger partial charge on any atom is -0.510 e. The Labute approximate surface area is 240 Å². The van der Waals surface area contributed by atoms with E-state index in [4.69, 9.17) is 23.3 Å². The van der Waals surface area contributed by atoms with Gasteiger partial charge in [-0.2, -0.15) is 8.42 Å². The molecule has 2 amide bonds. The molecule has 0 heterocycles. The number of fused-ring (bicyclic) bond motifs is 3. The highest BCUT2D eigenvalue weighted by molar-refractivity contribution is 7.79. The molecule has 0 radical (unpaired) electrons. The van der Waals surface area contributed by atoms with Crippen LogP contribution in [0.4, 0.5) is 11.4 Å². The van der Waals surface area contributed by atoms with Crippen molar-refractivity contribution in [2.24, 2.45) is 17.6 Å². The number of ketones is 2. The van der Waals surface area contributed by atoms with Crippen molar-refractivity contribution in [2.45, 2.75) is 31.4 Å². The number of anilines is 2. The lowest BCUT2D eigenvalue weighted by atomic mass is 9.58. The van der Waals surface area contributed by atoms with Crippen molar-refractivity contribution in [3.05, 3.63) is 39.9 Å². The average molecular weight is 613 g/mol. The molecule has 230 valence electrons. The van der Waals surface area contributed by atoms with E-state index in [1.165, 1.54) is 4.90 Å². The van der Waals surface area contributed by atoms with Gasteiger partial charge in [0.1, 0.15) is 17.1 Å². The van der Waals surface area contributed by atoms with Crippen LogP contribution in [0.3, 0.4) is 0 Å². The van der Waals surface area contributed by atoms with Gasteiger partial charge in [-0.15, -0.1) is 0 Å². The summed E-state index contributed by atoms with van der Waals surface area (Å²) in [5.41, 5.74) is 2.39. The van der Waals surface area contributed by atoms with Crippen LogP contribution in [0.15, 0.2) is 28.7 Å². The fourth-order valence-electron chi connectivity index (χ4n) is 5.98. The van der Waals surface area contributed by atoms with Crippen LogP contribution < -0.4 is 16.0 Å². The number of allylic oxidation sites excluding steroid dienone is 1. The first kappa shape index (κ1) is 32.5. The standard InChI is InChI=1S/C25H30N4O8.H2O4S/c1-5-29(4)14-8-13(27-9-30)19(31)16-11(14)6-10-7-12-18(28(2)3)21(33)17(24(26)36)23(35)25(12,37)22(34)15(10)20(16)32;1-5(2,3)4/h8-10,12,18,31,33-34,37H,5-7H2,1-4H3,(H2,26,36)(H,27,30);(H2,1,2,3,4)/t10?,12?,18-,25-;/m0./s1. The SMILES string of the molecule is CCN(C)c1cc(NC=O)c(O)c2c1CC1CC3[C@H](N(C)C)C(O)=C(C(N)=O)C(=O)[C@@]3(O)C(O)=C1C2=O.O=S(=O)(O)O. The van der Waals surface area contributed by atoms with Crippen LogP contribution in [0.5, 0.6) is 5.75 Å². The van der Waals surface area contributed by atoms with E-state index >= 15 is 0 Å². The lowest BCUT2D eigenvalue weighted by Crippen LogP contribution is -2.63. The zero-order valence-corrected chi connectivity index (χ0v) is 23.8. The normalized spacial score (nSPS) is 25.2. The first-order valence-electron chi connectivity index (χ1n) is 12.5. The van der Waals surface area contributed by atoms with Gasteiger partial charge in [-0.25, -0.2) is 0 Å². The fourth-order valence-corrected chi connectivity index (χ4v) is 5.98. The highest BCUT2D eigenvalue weighted by atomic mass is 32.3. The van der Waals surface area contributed by atoms with Gasteiger partial charge in [0.2, 0.25) is 12.2 Å². The number of aliphatic hydroxyl groups is 3. The second kappa shape index (κ2) is 11.3. The number of rotatable bonds is 6. The molecule has 9 N–H and O–H groups in total. The molecular weight excluding hydrogens is 580 g/mol. The molecule has 0 aromatic heterocycles. The van der Waals surface area contributed by atoms with E-state index in [1.807, 2.05) is 11.8 Å². The summed E-state index contributed by atoms with van der Waals surface area (Å²) in [7, 11) is 0.253. The number of Topliss-reactive ketones (excluding diaryl/α,β-unsaturated/α-hetero) is 2. The number of primary amides is 1. The molecule has 3 aliphatic carbocycles. The maximum absolute atomic E-state index is 13.8. The summed E-state index contributed by atoms with van der Waals surface area (Å²) in [6, 6.07) is 0.490. The van der Waals surface area contributed by atoms with Crippen LogP contribution in [0.1, 0.15) is 29.3 Å². The lowest BCUT2D eigenvalue weighted by Gasteiger charge is -2.50. The number of carbonyl (C=O) groups is 4. The Morgan fingerprint density at radius 3 is 2.24 bits per heavy atom. The fraction of sp³-hybridized carbons (Fsp3) is 0.440. The summed E-state index contributed by atoms with van der Waals surface area (Å²) in [4.78, 5) is 53.7. The van der Waals surface area contributed by atoms with Gasteiger partial charge in [0.25, 0.3) is 5.91 Å². The van der Waals surface area contributed by atoms with Crippen LogP contribution in [0.2, 0.25) is 0 Å². The number of nitrogens with one attached hydrogen (secondary N) is 1. The Balaban J connectivity index is 0.000000892. The molecule has 17 heteroatoms. The van der Waals surface area contributed by atoms with Gasteiger partial charge in [-0.05, 0) is 51.4 Å². The largest absolute Gasteiger partial charge is 0.510 e. The maximum atomic E-state index is 13.8. The van der Waals surface area contributed by atoms with Gasteiger partial charge < -0.3 is 36.4 Å². The van der Waals surface area contributed by atoms with Gasteiger partial charge in [0.05, 0.1) is 17.3 Å². The number of hydrogen-bond acceptors (Lipinski definition) is 12. The van der Waals surface area contributed by atoms with E-state index in [0.29, 0.717) is 24.2 Å². The third-order valence-electron chi connectivity index (χ3n) is 7.80. The number of benzene rings is 1. The summed E-state index contributed by atoms with van der Waals surface area (Å²) in [5, 5.41) is 47.1. The summed E-state index contributed by atoms with van der Waals surface area (Å²) in [6.07, 6.45) is 0.503. The highest BCUT2D eigenvalue weighted by Gasteiger charge is 2.63. The quantitative estimate of drug-likeness (QED) is 0.0870. The van der Waals surface area contributed by atoms with Crippen LogP contribution >= 0.6 is 0 Å². The topological polar surface area (TPSA) is 268 Å². The van der Waals surface area contributed by atoms with Crippen LogP contribution in [-0.4, -0.2) is 106 Å². The molecule has 4 atom stereocenters. The molecule has 4 rings (SSSR count). The smallest absolute Gasteiger partial charge is 0.394 e. The number of nitrogens with two attached hydrogens (primary N) is 1. The summed E-state index contributed by atoms with van der Waals surface area (Å²) >= 11 is 0. The van der Waals surface area contributed by atoms with Crippen molar-refractivity contribution in [1.82, 2.24) is 4.90 Å². The minimum atomic E-state index is -4.67. The van der Waals surface area contributed by atoms with Gasteiger partial charge in [0.15, 0.2) is 17.1 Å². The molecule has 0 fully saturated rings. The molecule has 0 saturated carbocycles. The van der Waals surface area contributed by atoms with Crippen molar-refractivity contribution >= 4 is 45.7 Å². The van der Waals surface area contributed by atoms with Gasteiger partial charge in [0, 0.05) is 30.8 Å². The minimum absolute atomic E-state index is 0.00383. The monoisotopic (exact) mass is 612 g/mol. The number of carbonyl (C=O) groups excluding carboxylic acids is 4. The van der Waals surface area contributed by atoms with Crippen LogP contribution in [-0.2, 0) is 31.2 Å². The second-order valence-corrected chi connectivity index (χ2v) is 11.2. The van der Waals surface area contributed by atoms with Gasteiger partial charge in [-0.3, -0.25) is 33.2 Å². The maximum Gasteiger partial charge on any atom is 0.394 e. The average Bonchev–Trinajstić information content (AvgIpc) is 2.86. The number of phenolic OH excluding ortho intramolecular Hbond substituents is 1. The molecule has 0 spiro atoms. The number of aromatic hydroxyl groups is 1. The van der Waals surface area contributed by atoms with Crippen LogP contribution in [0, 0.1) is 11.8 Å². The Morgan fingerprint density at radius 2 is 1.76 bits per heavy atom. The first-order valence-corrected chi connectivity index (χ1v) is 13.9. The highest BCUT2D eigenvalue weighted by Crippen LogP contribution is 2.53. The van der Waals surface area contributed by atoms with Crippen molar-refractivity contribution in [2.75, 3.05) is 37.9 Å². The zero-order chi connectivity index (χ0) is 32.1. The predicted molar refractivity (Wildman–Crippen MR) is 146 cm³/mol. The van der Waals surface area contributed by atoms with Crippen molar-refractivity contribution in [1.29, 1.82) is 0 Å². The molecule has 3 aliphatic rings. The summed E-state index contributed by atoms with van der Waals surface area (Å²) < 4.78 is 31.6. The summed E-state index contributed by atoms with van der Waals surface area (Å²) in [6.45, 7) is 2.42. The Kier molecular flexibility index (Phi) is 8.76. The number of likely N-dealkylation sites (N-methyl/N-ethyl adjacent to an activating group) is 1. The Bertz CT molecular complexity index is 1530. The second-order valence-electron chi connectivity index (χ2n) is 10.3. The number of aliphatic hydroxyl groups excluding tert-OH is 2. The molecule has 0 saturated heterocycles. The number of nitrogens with zero attached hydrogens (tertiary/aromatic N) is 2. The number of hydrogen-bond donors (Lipinski definition) is 8. The molecule has 1 aromatic carbocycles. The molecule has 42 heavy (non-hydrogen) atoms. The zero-order valence-electron chi connectivity index (χ0n) is 23.0. The molecular formula is C25H32N4O12S. The molecule has 0 aliphatic heterocycles. The Morgan fingerprint density at radius 1 is 1.19 bits per heavy atom. The lowest BCUT2D eigenvalue weighted by molar-refractivity contribution is -0.148. The van der Waals surface area contributed by atoms with E-state index < -0.39 is 74.2 Å². The third-order valence-corrected chi connectivity index (χ3v) is 7.80. The van der Waals surface area contributed by atoms with Gasteiger partial charge >= 0.3 is 10.4 Å². The molecule has 2 unspecified atom stereocenters. The van der Waals surface area contributed by atoms with E-state index in [1.54, 1.807) is 27.2 Å². The number of amides is 2. The first-order chi connectivity index (χ1) is 19.3. The van der Waals surface area contributed by atoms with E-state index in [-0.39, 0.29) is 29.7 Å². The van der Waals surface area contributed by atoms with Crippen LogP contribution in [0.25, 0.3) is 0 Å². The molecule has 0 bridgehead atoms. The van der Waals surface area contributed by atoms with E-state index in [2.05, 4.69) is 5.32 Å². The van der Waals surface area contributed by atoms with E-state index in [9.17, 15) is 39.6 Å². The van der Waals surface area contributed by atoms with Crippen molar-refractivity contribution in [3.63, 3.8) is 0 Å². The van der Waals surface area contributed by atoms with E-state index in [0.717, 1.165) is 0 Å². The van der Waals surface area contributed by atoms with Gasteiger partial charge in [-0.1, -0.05) is 0 Å². The predicted octanol–water partition coefficient (Wildman–Crippen LogP) is -0.508. The molecule has 16 nitrogen and oxygen atoms in total. The molecule has 1 aromatic rings. The van der Waals surface area contributed by atoms with Crippen molar-refractivity contribution < 1.29 is 57.1 Å². The Hall–Kier alpha value is -4.03. The summed E-state index contributed by atoms with van der Waals surface area (Å²) in [5.74, 6) is -7.25. The number of phenols is 1. The third kappa shape index (κ3) is 5.32.